The van der Waals surface area contributed by atoms with Crippen molar-refractivity contribution in [3.05, 3.63) is 71.3 Å². The van der Waals surface area contributed by atoms with E-state index < -0.39 is 11.4 Å². The third-order valence-electron chi connectivity index (χ3n) is 4.36. The topological polar surface area (TPSA) is 37.3 Å². The molecular weight excluding hydrogens is 248 g/mol. The van der Waals surface area contributed by atoms with Gasteiger partial charge in [-0.1, -0.05) is 54.6 Å². The van der Waals surface area contributed by atoms with Crippen LogP contribution < -0.4 is 0 Å². The molecule has 0 bridgehead atoms. The lowest BCUT2D eigenvalue weighted by Crippen LogP contribution is -2.32. The summed E-state index contributed by atoms with van der Waals surface area (Å²) >= 11 is 0. The summed E-state index contributed by atoms with van der Waals surface area (Å²) < 4.78 is 0. The fourth-order valence-electron chi connectivity index (χ4n) is 3.16. The summed E-state index contributed by atoms with van der Waals surface area (Å²) in [5.41, 5.74) is 2.98. The minimum atomic E-state index is -0.662. The lowest BCUT2D eigenvalue weighted by atomic mass is 9.79. The minimum absolute atomic E-state index is 0.625. The van der Waals surface area contributed by atoms with E-state index in [1.165, 1.54) is 16.7 Å². The van der Waals surface area contributed by atoms with Crippen LogP contribution in [0.1, 0.15) is 23.1 Å². The molecule has 1 aliphatic carbocycles. The zero-order chi connectivity index (χ0) is 14.0. The minimum Gasteiger partial charge on any atom is -0.481 e. The lowest BCUT2D eigenvalue weighted by molar-refractivity contribution is -0.148. The number of carboxylic acids is 1. The number of benzene rings is 2. The highest BCUT2D eigenvalue weighted by Gasteiger charge is 2.43. The van der Waals surface area contributed by atoms with Gasteiger partial charge in [0.15, 0.2) is 0 Å². The average Bonchev–Trinajstić information content (AvgIpc) is 2.86. The fourth-order valence-corrected chi connectivity index (χ4v) is 3.16. The number of carboxylic acid groups (broad SMARTS) is 1. The summed E-state index contributed by atoms with van der Waals surface area (Å²) in [5.74, 6) is -0.662. The molecule has 3 rings (SSSR count). The molecule has 2 aromatic rings. The van der Waals surface area contributed by atoms with Gasteiger partial charge in [0.2, 0.25) is 0 Å². The van der Waals surface area contributed by atoms with E-state index in [1.54, 1.807) is 0 Å². The van der Waals surface area contributed by atoms with E-state index in [2.05, 4.69) is 24.3 Å². The van der Waals surface area contributed by atoms with Crippen molar-refractivity contribution in [2.45, 2.75) is 25.7 Å². The molecule has 0 radical (unpaired) electrons. The van der Waals surface area contributed by atoms with Gasteiger partial charge in [0.1, 0.15) is 0 Å². The van der Waals surface area contributed by atoms with Crippen LogP contribution >= 0.6 is 0 Å². The van der Waals surface area contributed by atoms with E-state index in [0.717, 1.165) is 6.42 Å². The maximum atomic E-state index is 11.8. The molecule has 20 heavy (non-hydrogen) atoms. The first kappa shape index (κ1) is 12.9. The second-order valence-electron chi connectivity index (χ2n) is 5.69. The van der Waals surface area contributed by atoms with E-state index in [1.807, 2.05) is 30.3 Å². The van der Waals surface area contributed by atoms with Gasteiger partial charge < -0.3 is 5.11 Å². The molecular formula is C18H18O2. The molecule has 102 valence electrons. The summed E-state index contributed by atoms with van der Waals surface area (Å²) in [6, 6.07) is 18.2. The van der Waals surface area contributed by atoms with Crippen LogP contribution in [0.5, 0.6) is 0 Å². The molecule has 0 amide bonds. The Morgan fingerprint density at radius 3 is 2.05 bits per heavy atom. The maximum Gasteiger partial charge on any atom is 0.310 e. The summed E-state index contributed by atoms with van der Waals surface area (Å²) in [7, 11) is 0. The van der Waals surface area contributed by atoms with Gasteiger partial charge in [-0.25, -0.2) is 0 Å². The van der Waals surface area contributed by atoms with Crippen LogP contribution in [0.4, 0.5) is 0 Å². The average molecular weight is 266 g/mol. The SMILES string of the molecule is O=C(O)C1(CCc2ccccc2)Cc2ccccc2C1. The zero-order valence-corrected chi connectivity index (χ0v) is 11.4. The predicted molar refractivity (Wildman–Crippen MR) is 78.7 cm³/mol. The first-order valence-electron chi connectivity index (χ1n) is 7.04. The number of rotatable bonds is 4. The van der Waals surface area contributed by atoms with Crippen LogP contribution in [0.15, 0.2) is 54.6 Å². The Morgan fingerprint density at radius 2 is 1.50 bits per heavy atom. The van der Waals surface area contributed by atoms with Crippen molar-refractivity contribution in [3.63, 3.8) is 0 Å². The van der Waals surface area contributed by atoms with Gasteiger partial charge in [-0.2, -0.15) is 0 Å². The van der Waals surface area contributed by atoms with Crippen LogP contribution in [0, 0.1) is 5.41 Å². The highest BCUT2D eigenvalue weighted by molar-refractivity contribution is 5.77. The van der Waals surface area contributed by atoms with Crippen molar-refractivity contribution in [1.29, 1.82) is 0 Å². The van der Waals surface area contributed by atoms with Crippen molar-refractivity contribution >= 4 is 5.97 Å². The van der Waals surface area contributed by atoms with Gasteiger partial charge >= 0.3 is 5.97 Å². The maximum absolute atomic E-state index is 11.8. The molecule has 0 fully saturated rings. The van der Waals surface area contributed by atoms with Crippen molar-refractivity contribution in [1.82, 2.24) is 0 Å². The van der Waals surface area contributed by atoms with Gasteiger partial charge in [-0.05, 0) is 42.4 Å². The number of carbonyl (C=O) groups is 1. The first-order chi connectivity index (χ1) is 9.70. The first-order valence-corrected chi connectivity index (χ1v) is 7.04. The largest absolute Gasteiger partial charge is 0.481 e. The second kappa shape index (κ2) is 5.12. The van der Waals surface area contributed by atoms with Gasteiger partial charge in [-0.3, -0.25) is 4.79 Å². The fraction of sp³-hybridized carbons (Fsp3) is 0.278. The van der Waals surface area contributed by atoms with E-state index in [0.29, 0.717) is 19.3 Å². The van der Waals surface area contributed by atoms with E-state index in [9.17, 15) is 9.90 Å². The van der Waals surface area contributed by atoms with Crippen LogP contribution in [0.25, 0.3) is 0 Å². The third-order valence-corrected chi connectivity index (χ3v) is 4.36. The monoisotopic (exact) mass is 266 g/mol. The molecule has 1 aliphatic rings. The number of aliphatic carboxylic acids is 1. The zero-order valence-electron chi connectivity index (χ0n) is 11.4. The van der Waals surface area contributed by atoms with Crippen molar-refractivity contribution in [3.8, 4) is 0 Å². The Labute approximate surface area is 119 Å². The molecule has 0 spiro atoms. The number of aryl methyl sites for hydroxylation is 1. The Bertz CT molecular complexity index is 591. The van der Waals surface area contributed by atoms with Crippen molar-refractivity contribution in [2.75, 3.05) is 0 Å². The van der Waals surface area contributed by atoms with Crippen molar-refractivity contribution < 1.29 is 9.90 Å². The molecule has 2 nitrogen and oxygen atoms in total. The Balaban J connectivity index is 1.80. The lowest BCUT2D eigenvalue weighted by Gasteiger charge is -2.23. The number of hydrogen-bond acceptors (Lipinski definition) is 1. The van der Waals surface area contributed by atoms with E-state index in [4.69, 9.17) is 0 Å². The summed E-state index contributed by atoms with van der Waals surface area (Å²) in [6.45, 7) is 0. The molecule has 2 heteroatoms. The van der Waals surface area contributed by atoms with Gasteiger partial charge in [0.05, 0.1) is 5.41 Å². The Hall–Kier alpha value is -2.09. The van der Waals surface area contributed by atoms with Gasteiger partial charge in [-0.15, -0.1) is 0 Å². The van der Waals surface area contributed by atoms with Crippen LogP contribution in [-0.2, 0) is 24.1 Å². The molecule has 0 saturated heterocycles. The molecule has 2 aromatic carbocycles. The van der Waals surface area contributed by atoms with Gasteiger partial charge in [0.25, 0.3) is 0 Å². The van der Waals surface area contributed by atoms with E-state index >= 15 is 0 Å². The van der Waals surface area contributed by atoms with E-state index in [-0.39, 0.29) is 0 Å². The summed E-state index contributed by atoms with van der Waals surface area (Å²) in [6.07, 6.45) is 2.83. The molecule has 0 atom stereocenters. The summed E-state index contributed by atoms with van der Waals surface area (Å²) in [5, 5.41) is 9.71. The highest BCUT2D eigenvalue weighted by atomic mass is 16.4. The standard InChI is InChI=1S/C18H18O2/c19-17(20)18(11-10-14-6-2-1-3-7-14)12-15-8-4-5-9-16(15)13-18/h1-9H,10-13H2,(H,19,20). The Kier molecular flexibility index (Phi) is 3.31. The van der Waals surface area contributed by atoms with Crippen molar-refractivity contribution in [2.24, 2.45) is 5.41 Å². The van der Waals surface area contributed by atoms with Crippen LogP contribution in [0.2, 0.25) is 0 Å². The molecule has 1 N–H and O–H groups in total. The molecule has 0 unspecified atom stereocenters. The second-order valence-corrected chi connectivity index (χ2v) is 5.69. The summed E-state index contributed by atoms with van der Waals surface area (Å²) in [4.78, 5) is 11.8. The van der Waals surface area contributed by atoms with Crippen LogP contribution in [0.3, 0.4) is 0 Å². The molecule has 0 saturated carbocycles. The van der Waals surface area contributed by atoms with Crippen LogP contribution in [-0.4, -0.2) is 11.1 Å². The number of hydrogen-bond donors (Lipinski definition) is 1. The number of fused-ring (bicyclic) bond motifs is 1. The quantitative estimate of drug-likeness (QED) is 0.919. The molecule has 0 heterocycles. The third kappa shape index (κ3) is 2.34. The van der Waals surface area contributed by atoms with Gasteiger partial charge in [0, 0.05) is 0 Å². The predicted octanol–water partition coefficient (Wildman–Crippen LogP) is 3.49. The Morgan fingerprint density at radius 1 is 0.950 bits per heavy atom. The smallest absolute Gasteiger partial charge is 0.310 e. The highest BCUT2D eigenvalue weighted by Crippen LogP contribution is 2.40. The molecule has 0 aliphatic heterocycles. The molecule has 0 aromatic heterocycles. The normalized spacial score (nSPS) is 15.8.